The van der Waals surface area contributed by atoms with Gasteiger partial charge in [0.2, 0.25) is 11.6 Å². The van der Waals surface area contributed by atoms with Crippen LogP contribution in [-0.2, 0) is 19.8 Å². The highest BCUT2D eigenvalue weighted by atomic mass is 16.5. The Bertz CT molecular complexity index is 1420. The maximum Gasteiger partial charge on any atom is 0.251 e. The Morgan fingerprint density at radius 1 is 0.909 bits per heavy atom. The number of aromatic nitrogens is 9. The second-order valence-electron chi connectivity index (χ2n) is 7.29. The van der Waals surface area contributed by atoms with E-state index < -0.39 is 0 Å². The molecule has 0 aliphatic heterocycles. The first-order valence-corrected chi connectivity index (χ1v) is 10.1. The van der Waals surface area contributed by atoms with Crippen LogP contribution in [0.15, 0.2) is 53.3 Å². The van der Waals surface area contributed by atoms with Gasteiger partial charge in [-0.3, -0.25) is 4.79 Å². The maximum atomic E-state index is 13.0. The Balaban J connectivity index is 1.60. The molecule has 3 aromatic heterocycles. The highest BCUT2D eigenvalue weighted by Gasteiger charge is 2.16. The monoisotopic (exact) mass is 445 g/mol. The van der Waals surface area contributed by atoms with Crippen molar-refractivity contribution >= 4 is 10.9 Å². The van der Waals surface area contributed by atoms with Crippen LogP contribution in [0.3, 0.4) is 0 Å². The largest absolute Gasteiger partial charge is 0.485 e. The van der Waals surface area contributed by atoms with E-state index in [1.165, 1.54) is 0 Å². The Labute approximate surface area is 186 Å². The first kappa shape index (κ1) is 20.3. The lowest BCUT2D eigenvalue weighted by Crippen LogP contribution is -2.21. The summed E-state index contributed by atoms with van der Waals surface area (Å²) in [7, 11) is 0. The number of tetrazole rings is 2. The lowest BCUT2D eigenvalue weighted by Gasteiger charge is -2.17. The second-order valence-corrected chi connectivity index (χ2v) is 7.29. The highest BCUT2D eigenvalue weighted by molar-refractivity contribution is 5.90. The van der Waals surface area contributed by atoms with E-state index in [9.17, 15) is 4.79 Å². The van der Waals surface area contributed by atoms with Gasteiger partial charge >= 0.3 is 0 Å². The van der Waals surface area contributed by atoms with Crippen molar-refractivity contribution in [1.82, 2.24) is 45.8 Å². The van der Waals surface area contributed by atoms with Crippen molar-refractivity contribution in [2.45, 2.75) is 26.7 Å². The van der Waals surface area contributed by atoms with Gasteiger partial charge in [0.25, 0.3) is 5.56 Å². The third-order valence-corrected chi connectivity index (χ3v) is 5.03. The molecule has 0 unspecified atom stereocenters. The minimum atomic E-state index is -0.122. The molecule has 0 radical (unpaired) electrons. The van der Waals surface area contributed by atoms with Crippen LogP contribution in [0.4, 0.5) is 0 Å². The third kappa shape index (κ3) is 4.39. The van der Waals surface area contributed by atoms with Gasteiger partial charge in [0.05, 0.1) is 12.1 Å². The van der Waals surface area contributed by atoms with Gasteiger partial charge in [-0.2, -0.15) is 10.4 Å². The molecule has 0 saturated heterocycles. The third-order valence-electron chi connectivity index (χ3n) is 5.03. The number of hydrogen-bond donors (Lipinski definition) is 2. The van der Waals surface area contributed by atoms with Gasteiger partial charge in [0, 0.05) is 23.6 Å². The van der Waals surface area contributed by atoms with E-state index in [1.807, 2.05) is 43.3 Å². The SMILES string of the molecule is Cc1cc(=O)n(Cc2ccccc2)c2cc(OCc3nn[nH]n3)cc(OCc3nn[nH]n3)c12. The Morgan fingerprint density at radius 3 is 2.27 bits per heavy atom. The molecule has 0 amide bonds. The molecule has 166 valence electrons. The normalized spacial score (nSPS) is 11.1. The van der Waals surface area contributed by atoms with E-state index in [4.69, 9.17) is 9.47 Å². The minimum absolute atomic E-state index is 0.0944. The van der Waals surface area contributed by atoms with Crippen LogP contribution in [-0.4, -0.2) is 45.8 Å². The fourth-order valence-electron chi connectivity index (χ4n) is 3.54. The summed E-state index contributed by atoms with van der Waals surface area (Å²) >= 11 is 0. The molecule has 5 aromatic rings. The van der Waals surface area contributed by atoms with Gasteiger partial charge in [-0.1, -0.05) is 40.8 Å². The molecule has 0 bridgehead atoms. The summed E-state index contributed by atoms with van der Waals surface area (Å²) in [4.78, 5) is 13.0. The summed E-state index contributed by atoms with van der Waals surface area (Å²) in [5.41, 5.74) is 2.34. The smallest absolute Gasteiger partial charge is 0.251 e. The van der Waals surface area contributed by atoms with Gasteiger partial charge in [-0.25, -0.2) is 0 Å². The zero-order chi connectivity index (χ0) is 22.6. The summed E-state index contributed by atoms with van der Waals surface area (Å²) in [6, 6.07) is 14.9. The number of pyridine rings is 1. The Morgan fingerprint density at radius 2 is 1.61 bits per heavy atom. The van der Waals surface area contributed by atoms with Crippen LogP contribution in [0.2, 0.25) is 0 Å². The minimum Gasteiger partial charge on any atom is -0.485 e. The number of aryl methyl sites for hydroxylation is 1. The number of rotatable bonds is 8. The Hall–Kier alpha value is -4.61. The number of aromatic amines is 2. The van der Waals surface area contributed by atoms with Crippen LogP contribution in [0.5, 0.6) is 11.5 Å². The van der Waals surface area contributed by atoms with E-state index in [2.05, 4.69) is 41.2 Å². The molecule has 0 aliphatic carbocycles. The summed E-state index contributed by atoms with van der Waals surface area (Å²) in [5.74, 6) is 1.81. The van der Waals surface area contributed by atoms with Crippen molar-refractivity contribution in [3.8, 4) is 11.5 Å². The predicted molar refractivity (Wildman–Crippen MR) is 116 cm³/mol. The van der Waals surface area contributed by atoms with Gasteiger partial charge in [0.1, 0.15) is 11.5 Å². The number of H-pyrrole nitrogens is 2. The zero-order valence-corrected chi connectivity index (χ0v) is 17.6. The van der Waals surface area contributed by atoms with Crippen LogP contribution in [0.25, 0.3) is 10.9 Å². The van der Waals surface area contributed by atoms with Gasteiger partial charge in [0.15, 0.2) is 13.2 Å². The molecule has 33 heavy (non-hydrogen) atoms. The summed E-state index contributed by atoms with van der Waals surface area (Å²) in [5, 5.41) is 28.3. The van der Waals surface area contributed by atoms with Crippen LogP contribution in [0, 0.1) is 6.92 Å². The predicted octanol–water partition coefficient (Wildman–Crippen LogP) is 1.54. The van der Waals surface area contributed by atoms with Crippen molar-refractivity contribution in [3.05, 3.63) is 81.7 Å². The zero-order valence-electron chi connectivity index (χ0n) is 17.6. The lowest BCUT2D eigenvalue weighted by molar-refractivity contribution is 0.282. The second kappa shape index (κ2) is 8.86. The molecule has 0 atom stereocenters. The van der Waals surface area contributed by atoms with Crippen LogP contribution >= 0.6 is 0 Å². The molecule has 0 fully saturated rings. The van der Waals surface area contributed by atoms with Crippen molar-refractivity contribution in [2.75, 3.05) is 0 Å². The van der Waals surface area contributed by atoms with Crippen LogP contribution < -0.4 is 15.0 Å². The highest BCUT2D eigenvalue weighted by Crippen LogP contribution is 2.34. The molecule has 0 aliphatic rings. The number of nitrogens with zero attached hydrogens (tertiary/aromatic N) is 7. The van der Waals surface area contributed by atoms with E-state index >= 15 is 0 Å². The van der Waals surface area contributed by atoms with E-state index in [0.29, 0.717) is 35.2 Å². The molecule has 12 nitrogen and oxygen atoms in total. The number of ether oxygens (including phenoxy) is 2. The molecule has 2 N–H and O–H groups in total. The topological polar surface area (TPSA) is 149 Å². The van der Waals surface area contributed by atoms with Gasteiger partial charge < -0.3 is 14.0 Å². The van der Waals surface area contributed by atoms with E-state index in [-0.39, 0.29) is 18.8 Å². The molecule has 2 aromatic carbocycles. The molecule has 0 saturated carbocycles. The first-order chi connectivity index (χ1) is 16.2. The molecule has 12 heteroatoms. The van der Waals surface area contributed by atoms with Gasteiger partial charge in [-0.05, 0) is 18.1 Å². The molecule has 3 heterocycles. The summed E-state index contributed by atoms with van der Waals surface area (Å²) in [6.07, 6.45) is 0. The summed E-state index contributed by atoms with van der Waals surface area (Å²) in [6.45, 7) is 2.46. The van der Waals surface area contributed by atoms with E-state index in [1.54, 1.807) is 16.7 Å². The van der Waals surface area contributed by atoms with Crippen molar-refractivity contribution < 1.29 is 9.47 Å². The standard InChI is InChI=1S/C21H19N9O3/c1-13-7-20(31)30(10-14-5-3-2-4-6-14)16-8-15(32-11-18-22-26-27-23-18)9-17(21(13)16)33-12-19-24-28-29-25-19/h2-9H,10-12H2,1H3,(H,22,23,26,27)(H,24,25,28,29). The number of fused-ring (bicyclic) bond motifs is 1. The van der Waals surface area contributed by atoms with E-state index in [0.717, 1.165) is 16.5 Å². The fraction of sp³-hybridized carbons (Fsp3) is 0.190. The fourth-order valence-corrected chi connectivity index (χ4v) is 3.54. The van der Waals surface area contributed by atoms with Crippen molar-refractivity contribution in [3.63, 3.8) is 0 Å². The lowest BCUT2D eigenvalue weighted by atomic mass is 10.1. The number of benzene rings is 2. The average Bonchev–Trinajstić information content (AvgIpc) is 3.54. The van der Waals surface area contributed by atoms with Crippen LogP contribution in [0.1, 0.15) is 22.8 Å². The molecular formula is C21H19N9O3. The molecular weight excluding hydrogens is 426 g/mol. The molecule has 5 rings (SSSR count). The number of hydrogen-bond acceptors (Lipinski definition) is 9. The summed E-state index contributed by atoms with van der Waals surface area (Å²) < 4.78 is 13.6. The average molecular weight is 445 g/mol. The maximum absolute atomic E-state index is 13.0. The van der Waals surface area contributed by atoms with Crippen molar-refractivity contribution in [1.29, 1.82) is 0 Å². The molecule has 0 spiro atoms. The van der Waals surface area contributed by atoms with Gasteiger partial charge in [-0.15, -0.1) is 20.4 Å². The van der Waals surface area contributed by atoms with Crippen molar-refractivity contribution in [2.24, 2.45) is 0 Å². The first-order valence-electron chi connectivity index (χ1n) is 10.1. The Kier molecular flexibility index (Phi) is 5.45. The number of nitrogens with one attached hydrogen (secondary N) is 2. The quantitative estimate of drug-likeness (QED) is 0.362.